The van der Waals surface area contributed by atoms with Crippen molar-refractivity contribution in [2.75, 3.05) is 43.1 Å². The molecule has 2 aliphatic rings. The number of amides is 1. The predicted octanol–water partition coefficient (Wildman–Crippen LogP) is 2.97. The van der Waals surface area contributed by atoms with E-state index >= 15 is 0 Å². The summed E-state index contributed by atoms with van der Waals surface area (Å²) in [6, 6.07) is 8.28. The molecule has 3 N–H and O–H groups in total. The zero-order valence-electron chi connectivity index (χ0n) is 18.6. The predicted molar refractivity (Wildman–Crippen MR) is 123 cm³/mol. The van der Waals surface area contributed by atoms with Crippen LogP contribution in [-0.4, -0.2) is 60.5 Å². The first-order valence-corrected chi connectivity index (χ1v) is 11.0. The SMILES string of the molecule is Cc1ccc(C(=O)NC2CC2)cc1-c1cnc(NC(C)(C)CO)c(N2CCOCC2)c1. The summed E-state index contributed by atoms with van der Waals surface area (Å²) >= 11 is 0. The van der Waals surface area contributed by atoms with Crippen LogP contribution in [0.3, 0.4) is 0 Å². The van der Waals surface area contributed by atoms with E-state index in [2.05, 4.69) is 21.6 Å². The van der Waals surface area contributed by atoms with Gasteiger partial charge in [0, 0.05) is 36.5 Å². The monoisotopic (exact) mass is 424 g/mol. The molecule has 0 atom stereocenters. The van der Waals surface area contributed by atoms with Crippen LogP contribution < -0.4 is 15.5 Å². The molecule has 0 unspecified atom stereocenters. The molecule has 1 aliphatic heterocycles. The molecule has 4 rings (SSSR count). The summed E-state index contributed by atoms with van der Waals surface area (Å²) in [5, 5.41) is 16.2. The Morgan fingerprint density at radius 2 is 2.00 bits per heavy atom. The molecule has 1 aliphatic carbocycles. The fourth-order valence-electron chi connectivity index (χ4n) is 3.67. The second kappa shape index (κ2) is 8.85. The van der Waals surface area contributed by atoms with E-state index < -0.39 is 5.54 Å². The van der Waals surface area contributed by atoms with Crippen molar-refractivity contribution in [3.8, 4) is 11.1 Å². The van der Waals surface area contributed by atoms with Crippen molar-refractivity contribution in [3.63, 3.8) is 0 Å². The zero-order valence-corrected chi connectivity index (χ0v) is 18.6. The standard InChI is InChI=1S/C24H32N4O3/c1-16-4-5-17(23(30)26-19-6-7-19)12-20(16)18-13-21(28-8-10-31-11-9-28)22(25-14-18)27-24(2,3)15-29/h4-5,12-14,19,29H,6-11,15H2,1-3H3,(H,25,27)(H,26,30). The van der Waals surface area contributed by atoms with E-state index in [4.69, 9.17) is 9.72 Å². The number of pyridine rings is 1. The van der Waals surface area contributed by atoms with Crippen LogP contribution in [0.5, 0.6) is 0 Å². The highest BCUT2D eigenvalue weighted by Crippen LogP contribution is 2.33. The van der Waals surface area contributed by atoms with Gasteiger partial charge in [0.2, 0.25) is 0 Å². The minimum absolute atomic E-state index is 0.00373. The summed E-state index contributed by atoms with van der Waals surface area (Å²) in [6.45, 7) is 8.83. The number of hydrogen-bond donors (Lipinski definition) is 3. The van der Waals surface area contributed by atoms with Crippen LogP contribution in [0.1, 0.15) is 42.6 Å². The Kier molecular flexibility index (Phi) is 6.16. The first kappa shape index (κ1) is 21.6. The second-order valence-electron chi connectivity index (χ2n) is 9.14. The number of aliphatic hydroxyl groups excluding tert-OH is 1. The molecular weight excluding hydrogens is 392 g/mol. The lowest BCUT2D eigenvalue weighted by atomic mass is 9.98. The van der Waals surface area contributed by atoms with Crippen molar-refractivity contribution in [3.05, 3.63) is 41.6 Å². The fourth-order valence-corrected chi connectivity index (χ4v) is 3.67. The van der Waals surface area contributed by atoms with E-state index in [1.807, 2.05) is 45.2 Å². The number of anilines is 2. The van der Waals surface area contributed by atoms with Gasteiger partial charge in [-0.3, -0.25) is 4.79 Å². The van der Waals surface area contributed by atoms with Gasteiger partial charge < -0.3 is 25.4 Å². The van der Waals surface area contributed by atoms with Gasteiger partial charge in [-0.05, 0) is 62.9 Å². The lowest BCUT2D eigenvalue weighted by Gasteiger charge is -2.33. The lowest BCUT2D eigenvalue weighted by Crippen LogP contribution is -2.39. The van der Waals surface area contributed by atoms with Gasteiger partial charge in [-0.2, -0.15) is 0 Å². The molecule has 1 saturated heterocycles. The molecule has 31 heavy (non-hydrogen) atoms. The Bertz CT molecular complexity index is 950. The van der Waals surface area contributed by atoms with Gasteiger partial charge in [-0.1, -0.05) is 6.07 Å². The molecule has 0 spiro atoms. The zero-order chi connectivity index (χ0) is 22.0. The maximum atomic E-state index is 12.6. The molecule has 0 radical (unpaired) electrons. The van der Waals surface area contributed by atoms with E-state index in [1.54, 1.807) is 0 Å². The molecule has 1 amide bonds. The first-order valence-electron chi connectivity index (χ1n) is 11.0. The number of aliphatic hydroxyl groups is 1. The van der Waals surface area contributed by atoms with Gasteiger partial charge in [-0.25, -0.2) is 4.98 Å². The number of morpholine rings is 1. The van der Waals surface area contributed by atoms with Crippen LogP contribution >= 0.6 is 0 Å². The molecule has 7 nitrogen and oxygen atoms in total. The maximum absolute atomic E-state index is 12.6. The van der Waals surface area contributed by atoms with Gasteiger partial charge in [-0.15, -0.1) is 0 Å². The molecule has 1 aromatic heterocycles. The third-order valence-electron chi connectivity index (χ3n) is 5.79. The van der Waals surface area contributed by atoms with Crippen molar-refractivity contribution in [1.29, 1.82) is 0 Å². The van der Waals surface area contributed by atoms with Crippen LogP contribution in [0.4, 0.5) is 11.5 Å². The number of aryl methyl sites for hydroxylation is 1. The molecule has 1 aromatic carbocycles. The summed E-state index contributed by atoms with van der Waals surface area (Å²) in [5.74, 6) is 0.720. The Morgan fingerprint density at radius 1 is 1.26 bits per heavy atom. The van der Waals surface area contributed by atoms with E-state index in [9.17, 15) is 9.90 Å². The van der Waals surface area contributed by atoms with Gasteiger partial charge in [0.05, 0.1) is 31.0 Å². The molecule has 7 heteroatoms. The highest BCUT2D eigenvalue weighted by atomic mass is 16.5. The minimum atomic E-state index is -0.494. The average Bonchev–Trinajstić information content (AvgIpc) is 3.59. The van der Waals surface area contributed by atoms with Crippen LogP contribution in [0.25, 0.3) is 11.1 Å². The average molecular weight is 425 g/mol. The molecule has 2 fully saturated rings. The number of hydrogen-bond acceptors (Lipinski definition) is 6. The van der Waals surface area contributed by atoms with Crippen molar-refractivity contribution in [1.82, 2.24) is 10.3 Å². The highest BCUT2D eigenvalue weighted by Gasteiger charge is 2.25. The summed E-state index contributed by atoms with van der Waals surface area (Å²) in [6.07, 6.45) is 3.97. The van der Waals surface area contributed by atoms with Crippen LogP contribution in [0.15, 0.2) is 30.5 Å². The fraction of sp³-hybridized carbons (Fsp3) is 0.500. The Labute approximate surface area is 183 Å². The Hall–Kier alpha value is -2.64. The number of carbonyl (C=O) groups is 1. The van der Waals surface area contributed by atoms with Gasteiger partial charge in [0.1, 0.15) is 5.82 Å². The highest BCUT2D eigenvalue weighted by molar-refractivity contribution is 5.96. The smallest absolute Gasteiger partial charge is 0.251 e. The van der Waals surface area contributed by atoms with Gasteiger partial charge >= 0.3 is 0 Å². The van der Waals surface area contributed by atoms with Crippen molar-refractivity contribution >= 4 is 17.4 Å². The molecule has 0 bridgehead atoms. The van der Waals surface area contributed by atoms with E-state index in [0.717, 1.165) is 54.1 Å². The number of carbonyl (C=O) groups excluding carboxylic acids is 1. The number of benzene rings is 1. The van der Waals surface area contributed by atoms with Gasteiger partial charge in [0.15, 0.2) is 0 Å². The van der Waals surface area contributed by atoms with Crippen LogP contribution in [-0.2, 0) is 4.74 Å². The molecule has 2 aromatic rings. The number of ether oxygens (including phenoxy) is 1. The van der Waals surface area contributed by atoms with Gasteiger partial charge in [0.25, 0.3) is 5.91 Å². The Balaban J connectivity index is 1.70. The summed E-state index contributed by atoms with van der Waals surface area (Å²) in [5.41, 5.74) is 4.21. The molecular formula is C24H32N4O3. The van der Waals surface area contributed by atoms with E-state index in [1.165, 1.54) is 0 Å². The third-order valence-corrected chi connectivity index (χ3v) is 5.79. The number of rotatable bonds is 7. The maximum Gasteiger partial charge on any atom is 0.251 e. The first-order chi connectivity index (χ1) is 14.9. The molecule has 2 heterocycles. The minimum Gasteiger partial charge on any atom is -0.394 e. The van der Waals surface area contributed by atoms with Crippen molar-refractivity contribution in [2.24, 2.45) is 0 Å². The lowest BCUT2D eigenvalue weighted by molar-refractivity contribution is 0.0951. The summed E-state index contributed by atoms with van der Waals surface area (Å²) in [7, 11) is 0. The Morgan fingerprint density at radius 3 is 2.68 bits per heavy atom. The largest absolute Gasteiger partial charge is 0.394 e. The quantitative estimate of drug-likeness (QED) is 0.634. The number of nitrogens with one attached hydrogen (secondary N) is 2. The third kappa shape index (κ3) is 5.17. The van der Waals surface area contributed by atoms with E-state index in [0.29, 0.717) is 24.8 Å². The summed E-state index contributed by atoms with van der Waals surface area (Å²) in [4.78, 5) is 19.6. The normalized spacial score (nSPS) is 16.8. The second-order valence-corrected chi connectivity index (χ2v) is 9.14. The topological polar surface area (TPSA) is 86.7 Å². The van der Waals surface area contributed by atoms with E-state index in [-0.39, 0.29) is 12.5 Å². The molecule has 1 saturated carbocycles. The van der Waals surface area contributed by atoms with Crippen LogP contribution in [0.2, 0.25) is 0 Å². The summed E-state index contributed by atoms with van der Waals surface area (Å²) < 4.78 is 5.53. The van der Waals surface area contributed by atoms with Crippen LogP contribution in [0, 0.1) is 6.92 Å². The van der Waals surface area contributed by atoms with Crippen molar-refractivity contribution < 1.29 is 14.6 Å². The van der Waals surface area contributed by atoms with Crippen molar-refractivity contribution in [2.45, 2.75) is 45.2 Å². The molecule has 166 valence electrons. The number of nitrogens with zero attached hydrogens (tertiary/aromatic N) is 2. The number of aromatic nitrogens is 1.